The molecular weight excluding hydrogens is 254 g/mol. The van der Waals surface area contributed by atoms with Crippen molar-refractivity contribution < 1.29 is 9.90 Å². The third-order valence-electron chi connectivity index (χ3n) is 3.90. The molecular formula is C15H17N3O2. The number of aryl methyl sites for hydroxylation is 1. The van der Waals surface area contributed by atoms with E-state index in [1.54, 1.807) is 10.9 Å². The van der Waals surface area contributed by atoms with Gasteiger partial charge in [0.2, 0.25) is 0 Å². The summed E-state index contributed by atoms with van der Waals surface area (Å²) in [6.45, 7) is 1.35. The van der Waals surface area contributed by atoms with Gasteiger partial charge in [0.25, 0.3) is 0 Å². The molecule has 0 aliphatic carbocycles. The van der Waals surface area contributed by atoms with Gasteiger partial charge in [-0.2, -0.15) is 5.10 Å². The highest BCUT2D eigenvalue weighted by atomic mass is 16.4. The Balaban J connectivity index is 1.92. The standard InChI is InChI=1S/C15H17N3O2/c1-17-12(6-8-16-17)10-18-9-7-11-4-2-3-5-13(11)14(18)15(19)20/h2-6,8,14H,7,9-10H2,1H3,(H,19,20). The summed E-state index contributed by atoms with van der Waals surface area (Å²) in [5.41, 5.74) is 3.07. The number of benzene rings is 1. The number of aromatic nitrogens is 2. The van der Waals surface area contributed by atoms with E-state index in [4.69, 9.17) is 0 Å². The van der Waals surface area contributed by atoms with E-state index in [9.17, 15) is 9.90 Å². The van der Waals surface area contributed by atoms with Crippen molar-refractivity contribution in [2.75, 3.05) is 6.54 Å². The highest BCUT2D eigenvalue weighted by Gasteiger charge is 2.32. The van der Waals surface area contributed by atoms with Gasteiger partial charge in [-0.3, -0.25) is 14.4 Å². The third-order valence-corrected chi connectivity index (χ3v) is 3.90. The lowest BCUT2D eigenvalue weighted by Crippen LogP contribution is -2.39. The number of carboxylic acids is 1. The van der Waals surface area contributed by atoms with E-state index in [1.807, 2.05) is 42.3 Å². The minimum atomic E-state index is -0.792. The van der Waals surface area contributed by atoms with Crippen molar-refractivity contribution in [3.05, 3.63) is 53.3 Å². The fourth-order valence-electron chi connectivity index (χ4n) is 2.84. The summed E-state index contributed by atoms with van der Waals surface area (Å²) >= 11 is 0. The summed E-state index contributed by atoms with van der Waals surface area (Å²) < 4.78 is 1.79. The molecule has 0 amide bonds. The Morgan fingerprint density at radius 3 is 2.90 bits per heavy atom. The number of nitrogens with zero attached hydrogens (tertiary/aromatic N) is 3. The number of carboxylic acid groups (broad SMARTS) is 1. The Hall–Kier alpha value is -2.14. The molecule has 1 aromatic carbocycles. The SMILES string of the molecule is Cn1nccc1CN1CCc2ccccc2C1C(=O)O. The van der Waals surface area contributed by atoms with E-state index in [0.717, 1.165) is 29.8 Å². The molecule has 1 aliphatic rings. The summed E-state index contributed by atoms with van der Waals surface area (Å²) in [6, 6.07) is 9.17. The smallest absolute Gasteiger partial charge is 0.325 e. The van der Waals surface area contributed by atoms with Gasteiger partial charge in [0.05, 0.1) is 5.69 Å². The lowest BCUT2D eigenvalue weighted by atomic mass is 9.92. The molecule has 3 rings (SSSR count). The van der Waals surface area contributed by atoms with E-state index in [0.29, 0.717) is 6.54 Å². The van der Waals surface area contributed by atoms with Gasteiger partial charge >= 0.3 is 5.97 Å². The molecule has 1 atom stereocenters. The van der Waals surface area contributed by atoms with Crippen LogP contribution in [0.2, 0.25) is 0 Å². The number of fused-ring (bicyclic) bond motifs is 1. The lowest BCUT2D eigenvalue weighted by Gasteiger charge is -2.34. The van der Waals surface area contributed by atoms with Crippen molar-refractivity contribution in [1.82, 2.24) is 14.7 Å². The van der Waals surface area contributed by atoms with Crippen molar-refractivity contribution in [3.8, 4) is 0 Å². The van der Waals surface area contributed by atoms with Crippen LogP contribution in [-0.2, 0) is 24.8 Å². The molecule has 5 heteroatoms. The van der Waals surface area contributed by atoms with Crippen LogP contribution in [0.15, 0.2) is 36.5 Å². The second-order valence-corrected chi connectivity index (χ2v) is 5.11. The first-order valence-corrected chi connectivity index (χ1v) is 6.68. The van der Waals surface area contributed by atoms with Crippen molar-refractivity contribution in [1.29, 1.82) is 0 Å². The fraction of sp³-hybridized carbons (Fsp3) is 0.333. The molecule has 1 aromatic heterocycles. The second kappa shape index (κ2) is 5.09. The predicted octanol–water partition coefficient (Wildman–Crippen LogP) is 1.60. The van der Waals surface area contributed by atoms with Gasteiger partial charge in [0.15, 0.2) is 0 Å². The molecule has 0 bridgehead atoms. The number of carbonyl (C=O) groups is 1. The molecule has 1 unspecified atom stereocenters. The van der Waals surface area contributed by atoms with Gasteiger partial charge in [-0.05, 0) is 23.6 Å². The molecule has 2 aromatic rings. The van der Waals surface area contributed by atoms with Crippen LogP contribution in [0.3, 0.4) is 0 Å². The Kier molecular flexibility index (Phi) is 3.28. The zero-order valence-corrected chi connectivity index (χ0v) is 11.4. The van der Waals surface area contributed by atoms with Gasteiger partial charge in [-0.15, -0.1) is 0 Å². The van der Waals surface area contributed by atoms with Crippen molar-refractivity contribution in [3.63, 3.8) is 0 Å². The number of hydrogen-bond acceptors (Lipinski definition) is 3. The number of hydrogen-bond donors (Lipinski definition) is 1. The van der Waals surface area contributed by atoms with Crippen molar-refractivity contribution >= 4 is 5.97 Å². The lowest BCUT2D eigenvalue weighted by molar-refractivity contribution is -0.144. The molecule has 1 N–H and O–H groups in total. The van der Waals surface area contributed by atoms with E-state index in [-0.39, 0.29) is 0 Å². The molecule has 1 aliphatic heterocycles. The maximum absolute atomic E-state index is 11.7. The zero-order valence-electron chi connectivity index (χ0n) is 11.4. The Morgan fingerprint density at radius 1 is 1.40 bits per heavy atom. The Labute approximate surface area is 117 Å². The summed E-state index contributed by atoms with van der Waals surface area (Å²) in [5, 5.41) is 13.7. The van der Waals surface area contributed by atoms with E-state index < -0.39 is 12.0 Å². The average Bonchev–Trinajstić information content (AvgIpc) is 2.83. The van der Waals surface area contributed by atoms with Crippen LogP contribution in [0.4, 0.5) is 0 Å². The van der Waals surface area contributed by atoms with E-state index >= 15 is 0 Å². The molecule has 0 fully saturated rings. The molecule has 104 valence electrons. The minimum absolute atomic E-state index is 0.574. The topological polar surface area (TPSA) is 58.4 Å². The number of aliphatic carboxylic acids is 1. The Morgan fingerprint density at radius 2 is 2.20 bits per heavy atom. The monoisotopic (exact) mass is 271 g/mol. The van der Waals surface area contributed by atoms with E-state index in [1.165, 1.54) is 0 Å². The van der Waals surface area contributed by atoms with E-state index in [2.05, 4.69) is 5.10 Å². The summed E-state index contributed by atoms with van der Waals surface area (Å²) in [5.74, 6) is -0.792. The first-order valence-electron chi connectivity index (χ1n) is 6.68. The summed E-state index contributed by atoms with van der Waals surface area (Å²) in [6.07, 6.45) is 2.63. The molecule has 0 saturated carbocycles. The molecule has 0 saturated heterocycles. The van der Waals surface area contributed by atoms with Gasteiger partial charge in [-0.25, -0.2) is 0 Å². The van der Waals surface area contributed by atoms with Crippen LogP contribution in [0.1, 0.15) is 22.9 Å². The molecule has 0 radical (unpaired) electrons. The van der Waals surface area contributed by atoms with Crippen LogP contribution in [-0.4, -0.2) is 32.3 Å². The van der Waals surface area contributed by atoms with Crippen LogP contribution in [0.5, 0.6) is 0 Å². The molecule has 0 spiro atoms. The second-order valence-electron chi connectivity index (χ2n) is 5.11. The quantitative estimate of drug-likeness (QED) is 0.921. The maximum Gasteiger partial charge on any atom is 0.325 e. The van der Waals surface area contributed by atoms with Crippen molar-refractivity contribution in [2.45, 2.75) is 19.0 Å². The largest absolute Gasteiger partial charge is 0.480 e. The van der Waals surface area contributed by atoms with Crippen LogP contribution < -0.4 is 0 Å². The highest BCUT2D eigenvalue weighted by molar-refractivity contribution is 5.76. The van der Waals surface area contributed by atoms with Gasteiger partial charge in [0.1, 0.15) is 6.04 Å². The first kappa shape index (κ1) is 12.9. The third kappa shape index (κ3) is 2.20. The normalized spacial score (nSPS) is 18.8. The zero-order chi connectivity index (χ0) is 14.1. The fourth-order valence-corrected chi connectivity index (χ4v) is 2.84. The molecule has 20 heavy (non-hydrogen) atoms. The van der Waals surface area contributed by atoms with Crippen LogP contribution >= 0.6 is 0 Å². The van der Waals surface area contributed by atoms with Crippen molar-refractivity contribution in [2.24, 2.45) is 7.05 Å². The first-order chi connectivity index (χ1) is 9.66. The van der Waals surface area contributed by atoms with Gasteiger partial charge < -0.3 is 5.11 Å². The maximum atomic E-state index is 11.7. The van der Waals surface area contributed by atoms with Crippen LogP contribution in [0.25, 0.3) is 0 Å². The minimum Gasteiger partial charge on any atom is -0.480 e. The summed E-state index contributed by atoms with van der Waals surface area (Å²) in [7, 11) is 1.88. The Bertz CT molecular complexity index is 636. The average molecular weight is 271 g/mol. The van der Waals surface area contributed by atoms with Gasteiger partial charge in [-0.1, -0.05) is 24.3 Å². The van der Waals surface area contributed by atoms with Gasteiger partial charge in [0, 0.05) is 26.3 Å². The highest BCUT2D eigenvalue weighted by Crippen LogP contribution is 2.30. The number of rotatable bonds is 3. The predicted molar refractivity (Wildman–Crippen MR) is 74.1 cm³/mol. The molecule has 2 heterocycles. The summed E-state index contributed by atoms with van der Waals surface area (Å²) in [4.78, 5) is 13.7. The van der Waals surface area contributed by atoms with Crippen LogP contribution in [0, 0.1) is 0 Å². The molecule has 5 nitrogen and oxygen atoms in total.